The van der Waals surface area contributed by atoms with Gasteiger partial charge in [-0.25, -0.2) is 17.5 Å². The number of aromatic nitrogens is 3. The lowest BCUT2D eigenvalue weighted by molar-refractivity contribution is 0.0686. The Morgan fingerprint density at radius 2 is 1.97 bits per heavy atom. The largest absolute Gasteiger partial charge is 0.505 e. The number of amides is 1. The first-order valence-electron chi connectivity index (χ1n) is 11.0. The summed E-state index contributed by atoms with van der Waals surface area (Å²) in [7, 11) is -3.84. The molecule has 1 aliphatic rings. The number of carbonyl (C=O) groups excluding carboxylic acids is 1. The lowest BCUT2D eigenvalue weighted by Crippen LogP contribution is -2.42. The third-order valence-corrected chi connectivity index (χ3v) is 7.61. The number of anilines is 1. The molecule has 10 nitrogen and oxygen atoms in total. The molecule has 1 atom stereocenters. The predicted molar refractivity (Wildman–Crippen MR) is 130 cm³/mol. The van der Waals surface area contributed by atoms with Gasteiger partial charge in [0.2, 0.25) is 10.0 Å². The molecule has 13 heteroatoms. The molecule has 35 heavy (non-hydrogen) atoms. The molecular weight excluding hydrogens is 501 g/mol. The maximum absolute atomic E-state index is 13.6. The second-order valence-corrected chi connectivity index (χ2v) is 10.8. The van der Waals surface area contributed by atoms with Gasteiger partial charge in [-0.05, 0) is 38.5 Å². The number of fused-ring (bicyclic) bond motifs is 3. The summed E-state index contributed by atoms with van der Waals surface area (Å²) >= 11 is 5.88. The highest BCUT2D eigenvalue weighted by Crippen LogP contribution is 2.40. The quantitative estimate of drug-likeness (QED) is 0.528. The third-order valence-electron chi connectivity index (χ3n) is 6.09. The standard InChI is InChI=1S/C22H25ClFN5O5S/c1-5-26-10-12(3)29-17-16(19(30)18(29)22(26)32)21(31)27(11-13-7-8-15(24)14(23)9-13)25-20(17)28(6-2)35(4,33)34/h7-9,12,30H,5-6,10-11H2,1-4H3. The maximum Gasteiger partial charge on any atom is 0.280 e. The van der Waals surface area contributed by atoms with Crippen molar-refractivity contribution in [2.75, 3.05) is 30.2 Å². The molecule has 0 aliphatic carbocycles. The van der Waals surface area contributed by atoms with Gasteiger partial charge in [0, 0.05) is 25.7 Å². The molecule has 1 N–H and O–H groups in total. The molecule has 0 spiro atoms. The van der Waals surface area contributed by atoms with Crippen LogP contribution >= 0.6 is 11.6 Å². The maximum atomic E-state index is 13.6. The van der Waals surface area contributed by atoms with Crippen LogP contribution in [0.5, 0.6) is 5.75 Å². The molecule has 188 valence electrons. The number of carbonyl (C=O) groups is 1. The van der Waals surface area contributed by atoms with Crippen molar-refractivity contribution in [1.29, 1.82) is 0 Å². The average Bonchev–Trinajstić information content (AvgIpc) is 3.10. The van der Waals surface area contributed by atoms with E-state index < -0.39 is 33.1 Å². The molecule has 1 unspecified atom stereocenters. The predicted octanol–water partition coefficient (Wildman–Crippen LogP) is 2.57. The molecule has 3 aromatic rings. The van der Waals surface area contributed by atoms with Gasteiger partial charge in [0.15, 0.2) is 17.3 Å². The van der Waals surface area contributed by atoms with Gasteiger partial charge in [-0.2, -0.15) is 0 Å². The van der Waals surface area contributed by atoms with Crippen molar-refractivity contribution in [2.45, 2.75) is 33.4 Å². The van der Waals surface area contributed by atoms with E-state index >= 15 is 0 Å². The number of benzene rings is 1. The van der Waals surface area contributed by atoms with Crippen LogP contribution in [0.3, 0.4) is 0 Å². The van der Waals surface area contributed by atoms with E-state index in [0.717, 1.165) is 21.3 Å². The summed E-state index contributed by atoms with van der Waals surface area (Å²) in [6.07, 6.45) is 1.01. The average molecular weight is 526 g/mol. The lowest BCUT2D eigenvalue weighted by Gasteiger charge is -2.33. The van der Waals surface area contributed by atoms with E-state index in [1.807, 2.05) is 6.92 Å². The molecule has 2 aromatic heterocycles. The molecule has 0 saturated carbocycles. The van der Waals surface area contributed by atoms with Crippen molar-refractivity contribution in [3.63, 3.8) is 0 Å². The van der Waals surface area contributed by atoms with Gasteiger partial charge in [-0.3, -0.25) is 13.9 Å². The molecule has 4 rings (SSSR count). The topological polar surface area (TPSA) is 118 Å². The Morgan fingerprint density at radius 3 is 2.54 bits per heavy atom. The van der Waals surface area contributed by atoms with E-state index in [0.29, 0.717) is 18.7 Å². The van der Waals surface area contributed by atoms with Crippen LogP contribution in [0, 0.1) is 5.82 Å². The Hall–Kier alpha value is -3.12. The first-order valence-corrected chi connectivity index (χ1v) is 13.2. The minimum Gasteiger partial charge on any atom is -0.505 e. The van der Waals surface area contributed by atoms with Crippen LogP contribution in [0.1, 0.15) is 42.9 Å². The number of likely N-dealkylation sites (N-methyl/N-ethyl adjacent to an activating group) is 1. The van der Waals surface area contributed by atoms with E-state index in [4.69, 9.17) is 11.6 Å². The fraction of sp³-hybridized carbons (Fsp3) is 0.409. The van der Waals surface area contributed by atoms with E-state index in [-0.39, 0.29) is 46.6 Å². The zero-order valence-electron chi connectivity index (χ0n) is 19.6. The van der Waals surface area contributed by atoms with E-state index in [1.54, 1.807) is 18.7 Å². The fourth-order valence-corrected chi connectivity index (χ4v) is 5.62. The Morgan fingerprint density at radius 1 is 1.29 bits per heavy atom. The second-order valence-electron chi connectivity index (χ2n) is 8.45. The fourth-order valence-electron chi connectivity index (χ4n) is 4.51. The van der Waals surface area contributed by atoms with Crippen LogP contribution < -0.4 is 9.86 Å². The van der Waals surface area contributed by atoms with Gasteiger partial charge in [-0.1, -0.05) is 17.7 Å². The number of sulfonamides is 1. The van der Waals surface area contributed by atoms with E-state index in [9.17, 15) is 27.5 Å². The lowest BCUT2D eigenvalue weighted by atomic mass is 10.2. The normalized spacial score (nSPS) is 16.1. The van der Waals surface area contributed by atoms with Crippen molar-refractivity contribution < 1.29 is 22.7 Å². The summed E-state index contributed by atoms with van der Waals surface area (Å²) in [6.45, 7) is 5.75. The summed E-state index contributed by atoms with van der Waals surface area (Å²) in [6, 6.07) is 3.53. The molecule has 0 saturated heterocycles. The van der Waals surface area contributed by atoms with Crippen LogP contribution in [-0.4, -0.2) is 64.6 Å². The molecular formula is C22H25ClFN5O5S. The number of rotatable bonds is 6. The van der Waals surface area contributed by atoms with E-state index in [2.05, 4.69) is 5.10 Å². The molecule has 0 bridgehead atoms. The zero-order chi connectivity index (χ0) is 25.8. The molecule has 1 aliphatic heterocycles. The third kappa shape index (κ3) is 4.04. The summed E-state index contributed by atoms with van der Waals surface area (Å²) < 4.78 is 42.4. The molecule has 1 aromatic carbocycles. The van der Waals surface area contributed by atoms with Crippen molar-refractivity contribution in [1.82, 2.24) is 19.2 Å². The minimum atomic E-state index is -3.84. The molecule has 3 heterocycles. The van der Waals surface area contributed by atoms with Crippen LogP contribution in [0.4, 0.5) is 10.2 Å². The second kappa shape index (κ2) is 8.83. The monoisotopic (exact) mass is 525 g/mol. The summed E-state index contributed by atoms with van der Waals surface area (Å²) in [4.78, 5) is 28.2. The number of halogens is 2. The van der Waals surface area contributed by atoms with Crippen molar-refractivity contribution in [2.24, 2.45) is 0 Å². The zero-order valence-corrected chi connectivity index (χ0v) is 21.2. The summed E-state index contributed by atoms with van der Waals surface area (Å²) in [5, 5.41) is 15.1. The van der Waals surface area contributed by atoms with Crippen molar-refractivity contribution in [3.8, 4) is 5.75 Å². The van der Waals surface area contributed by atoms with Gasteiger partial charge in [0.05, 0.1) is 17.8 Å². The number of nitrogens with zero attached hydrogens (tertiary/aromatic N) is 5. The van der Waals surface area contributed by atoms with Crippen molar-refractivity contribution >= 4 is 44.3 Å². The SMILES string of the molecule is CCN1CC(C)n2c(c(O)c3c(=O)n(Cc4ccc(F)c(Cl)c4)nc(N(CC)S(C)(=O)=O)c32)C1=O. The number of hydrogen-bond acceptors (Lipinski definition) is 6. The Balaban J connectivity index is 2.09. The Bertz CT molecular complexity index is 1520. The molecule has 0 fully saturated rings. The van der Waals surface area contributed by atoms with Gasteiger partial charge in [0.1, 0.15) is 16.7 Å². The van der Waals surface area contributed by atoms with Crippen molar-refractivity contribution in [3.05, 3.63) is 50.7 Å². The van der Waals surface area contributed by atoms with Gasteiger partial charge < -0.3 is 14.6 Å². The number of aromatic hydroxyl groups is 1. The van der Waals surface area contributed by atoms with E-state index in [1.165, 1.54) is 16.7 Å². The highest BCUT2D eigenvalue weighted by atomic mass is 35.5. The first kappa shape index (κ1) is 25.0. The highest BCUT2D eigenvalue weighted by molar-refractivity contribution is 7.92. The van der Waals surface area contributed by atoms with Gasteiger partial charge >= 0.3 is 0 Å². The summed E-state index contributed by atoms with van der Waals surface area (Å²) in [5.41, 5.74) is -0.312. The van der Waals surface area contributed by atoms with Crippen LogP contribution in [-0.2, 0) is 16.6 Å². The smallest absolute Gasteiger partial charge is 0.280 e. The summed E-state index contributed by atoms with van der Waals surface area (Å²) in [5.74, 6) is -1.72. The number of hydrogen-bond donors (Lipinski definition) is 1. The first-order chi connectivity index (χ1) is 16.4. The van der Waals surface area contributed by atoms with Gasteiger partial charge in [0.25, 0.3) is 11.5 Å². The van der Waals surface area contributed by atoms with Crippen LogP contribution in [0.25, 0.3) is 10.9 Å². The Labute approximate surface area is 206 Å². The van der Waals surface area contributed by atoms with Crippen LogP contribution in [0.2, 0.25) is 5.02 Å². The Kier molecular flexibility index (Phi) is 6.30. The highest BCUT2D eigenvalue weighted by Gasteiger charge is 2.38. The van der Waals surface area contributed by atoms with Gasteiger partial charge in [-0.15, -0.1) is 5.10 Å². The minimum absolute atomic E-state index is 0.00774. The molecule has 0 radical (unpaired) electrons. The molecule has 1 amide bonds. The van der Waals surface area contributed by atoms with Crippen LogP contribution in [0.15, 0.2) is 23.0 Å².